The first-order valence-corrected chi connectivity index (χ1v) is 7.59. The molecular formula is C12H12Cl2N2O6S. The van der Waals surface area contributed by atoms with Gasteiger partial charge in [0.15, 0.2) is 0 Å². The van der Waals surface area contributed by atoms with E-state index >= 15 is 0 Å². The van der Waals surface area contributed by atoms with Gasteiger partial charge < -0.3 is 14.7 Å². The van der Waals surface area contributed by atoms with Crippen molar-refractivity contribution in [3.05, 3.63) is 10.7 Å². The average Bonchev–Trinajstić information content (AvgIpc) is 3.00. The van der Waals surface area contributed by atoms with Gasteiger partial charge in [-0.25, -0.2) is 4.79 Å². The van der Waals surface area contributed by atoms with Crippen molar-refractivity contribution >= 4 is 58.3 Å². The number of hydrogen-bond donors (Lipinski definition) is 1. The maximum absolute atomic E-state index is 12.6. The second kappa shape index (κ2) is 6.60. The maximum Gasteiger partial charge on any atom is 0.372 e. The summed E-state index contributed by atoms with van der Waals surface area (Å²) in [5.74, 6) is -2.94. The van der Waals surface area contributed by atoms with Gasteiger partial charge in [0.1, 0.15) is 17.1 Å². The van der Waals surface area contributed by atoms with E-state index in [-0.39, 0.29) is 28.9 Å². The molecule has 2 atom stereocenters. The predicted octanol–water partition coefficient (Wildman–Crippen LogP) is 1.17. The number of hydroxylamine groups is 2. The Balaban J connectivity index is 2.30. The number of amides is 1. The van der Waals surface area contributed by atoms with E-state index in [0.29, 0.717) is 5.06 Å². The Morgan fingerprint density at radius 3 is 2.61 bits per heavy atom. The zero-order valence-electron chi connectivity index (χ0n) is 11.8. The van der Waals surface area contributed by atoms with Crippen LogP contribution in [0, 0.1) is 0 Å². The molecule has 0 saturated carbocycles. The highest BCUT2D eigenvalue weighted by atomic mass is 35.5. The minimum atomic E-state index is -2.17. The molecule has 0 radical (unpaired) electrons. The van der Waals surface area contributed by atoms with Crippen LogP contribution in [-0.4, -0.2) is 56.3 Å². The van der Waals surface area contributed by atoms with Crippen LogP contribution in [0.5, 0.6) is 0 Å². The summed E-state index contributed by atoms with van der Waals surface area (Å²) in [4.78, 5) is 42.2. The molecule has 0 aromatic heterocycles. The van der Waals surface area contributed by atoms with E-state index in [1.165, 1.54) is 11.1 Å². The zero-order valence-corrected chi connectivity index (χ0v) is 14.2. The smallest absolute Gasteiger partial charge is 0.372 e. The molecule has 2 aliphatic rings. The minimum absolute atomic E-state index is 0.132. The van der Waals surface area contributed by atoms with E-state index in [9.17, 15) is 19.5 Å². The summed E-state index contributed by atoms with van der Waals surface area (Å²) in [5.41, 5.74) is -2.17. The quantitative estimate of drug-likeness (QED) is 0.571. The van der Waals surface area contributed by atoms with Gasteiger partial charge in [0.05, 0.1) is 11.4 Å². The van der Waals surface area contributed by atoms with Crippen molar-refractivity contribution in [2.24, 2.45) is 0 Å². The van der Waals surface area contributed by atoms with Gasteiger partial charge in [-0.3, -0.25) is 14.4 Å². The fourth-order valence-corrected chi connectivity index (χ4v) is 2.73. The van der Waals surface area contributed by atoms with Crippen molar-refractivity contribution < 1.29 is 29.1 Å². The van der Waals surface area contributed by atoms with Crippen LogP contribution in [-0.2, 0) is 24.0 Å². The molecule has 0 bridgehead atoms. The Labute approximate surface area is 146 Å². The highest BCUT2D eigenvalue weighted by molar-refractivity contribution is 7.80. The molecule has 2 fully saturated rings. The van der Waals surface area contributed by atoms with Crippen molar-refractivity contribution in [2.45, 2.75) is 31.5 Å². The molecular weight excluding hydrogens is 371 g/mol. The van der Waals surface area contributed by atoms with Gasteiger partial charge in [0, 0.05) is 12.6 Å². The molecule has 1 unspecified atom stereocenters. The fraction of sp³-hybridized carbons (Fsp3) is 0.500. The fourth-order valence-electron chi connectivity index (χ4n) is 2.34. The monoisotopic (exact) mass is 382 g/mol. The number of cyclic esters (lactones) is 1. The summed E-state index contributed by atoms with van der Waals surface area (Å²) in [6, 6.07) is -0.962. The number of carboxylic acids is 1. The lowest BCUT2D eigenvalue weighted by Gasteiger charge is -2.31. The van der Waals surface area contributed by atoms with Crippen LogP contribution in [0.1, 0.15) is 19.8 Å². The molecule has 2 heterocycles. The Morgan fingerprint density at radius 2 is 2.17 bits per heavy atom. The van der Waals surface area contributed by atoms with Gasteiger partial charge >= 0.3 is 17.7 Å². The van der Waals surface area contributed by atoms with Crippen molar-refractivity contribution in [1.29, 1.82) is 0 Å². The number of thiocarbonyl (C=S) groups is 1. The van der Waals surface area contributed by atoms with Crippen LogP contribution in [0.2, 0.25) is 0 Å². The molecule has 2 aliphatic heterocycles. The lowest BCUT2D eigenvalue weighted by molar-refractivity contribution is -0.256. The number of carboxylic acid groups (broad SMARTS) is 1. The van der Waals surface area contributed by atoms with Gasteiger partial charge in [-0.15, -0.1) is 0 Å². The molecule has 0 aliphatic carbocycles. The molecule has 126 valence electrons. The van der Waals surface area contributed by atoms with Crippen molar-refractivity contribution in [2.75, 3.05) is 6.61 Å². The number of carbonyl (C=O) groups is 3. The summed E-state index contributed by atoms with van der Waals surface area (Å²) in [5, 5.41) is 9.97. The van der Waals surface area contributed by atoms with E-state index in [1.54, 1.807) is 6.92 Å². The molecule has 8 nitrogen and oxygen atoms in total. The number of carbonyl (C=O) groups excluding carboxylic acids is 2. The Hall–Kier alpha value is -1.42. The number of halogens is 2. The highest BCUT2D eigenvalue weighted by Gasteiger charge is 2.59. The summed E-state index contributed by atoms with van der Waals surface area (Å²) >= 11 is 16.2. The van der Waals surface area contributed by atoms with E-state index in [4.69, 9.17) is 45.0 Å². The van der Waals surface area contributed by atoms with Gasteiger partial charge in [-0.05, 0) is 6.92 Å². The third-order valence-electron chi connectivity index (χ3n) is 3.40. The summed E-state index contributed by atoms with van der Waals surface area (Å²) in [6.45, 7) is 1.35. The van der Waals surface area contributed by atoms with Gasteiger partial charge in [0.25, 0.3) is 5.91 Å². The lowest BCUT2D eigenvalue weighted by Crippen LogP contribution is -2.56. The first-order chi connectivity index (χ1) is 10.7. The van der Waals surface area contributed by atoms with Crippen LogP contribution in [0.25, 0.3) is 0 Å². The molecule has 0 spiro atoms. The number of esters is 1. The van der Waals surface area contributed by atoms with Crippen LogP contribution in [0.4, 0.5) is 0 Å². The van der Waals surface area contributed by atoms with E-state index in [2.05, 4.69) is 0 Å². The molecule has 0 aromatic rings. The number of nitrogens with zero attached hydrogens (tertiary/aromatic N) is 2. The third-order valence-corrected chi connectivity index (χ3v) is 3.80. The standard InChI is InChI=1S/C12H12Cl2N2O6S/c1-6(23)15(4-8(13)14)7-5-21-16(10(7)18)12(11(19)20)3-2-9(17)22-12/h4,7H,2-3,5H2,1H3,(H,19,20)/t7-,12?/m0/s1. The van der Waals surface area contributed by atoms with Crippen LogP contribution >= 0.6 is 35.4 Å². The maximum atomic E-state index is 12.6. The average molecular weight is 383 g/mol. The van der Waals surface area contributed by atoms with Crippen molar-refractivity contribution in [3.63, 3.8) is 0 Å². The summed E-state index contributed by atoms with van der Waals surface area (Å²) in [6.07, 6.45) is 0.894. The van der Waals surface area contributed by atoms with E-state index in [1.807, 2.05) is 0 Å². The molecule has 1 amide bonds. The SMILES string of the molecule is CC(=S)N(C=C(Cl)Cl)[C@H]1CON(C2(C(=O)O)CCC(=O)O2)C1=O. The second-order valence-corrected chi connectivity index (χ2v) is 6.45. The summed E-state index contributed by atoms with van der Waals surface area (Å²) < 4.78 is 4.72. The van der Waals surface area contributed by atoms with Gasteiger partial charge in [-0.1, -0.05) is 35.4 Å². The molecule has 1 N–H and O–H groups in total. The first kappa shape index (κ1) is 17.9. The highest BCUT2D eigenvalue weighted by Crippen LogP contribution is 2.35. The normalized spacial score (nSPS) is 26.9. The van der Waals surface area contributed by atoms with Crippen LogP contribution in [0.15, 0.2) is 10.7 Å². The molecule has 23 heavy (non-hydrogen) atoms. The van der Waals surface area contributed by atoms with E-state index in [0.717, 1.165) is 0 Å². The minimum Gasteiger partial charge on any atom is -0.477 e. The van der Waals surface area contributed by atoms with Crippen LogP contribution in [0.3, 0.4) is 0 Å². The van der Waals surface area contributed by atoms with Crippen molar-refractivity contribution in [1.82, 2.24) is 9.96 Å². The molecule has 2 saturated heterocycles. The molecule has 11 heteroatoms. The largest absolute Gasteiger partial charge is 0.477 e. The second-order valence-electron chi connectivity index (χ2n) is 4.85. The molecule has 2 rings (SSSR count). The lowest BCUT2D eigenvalue weighted by atomic mass is 10.1. The van der Waals surface area contributed by atoms with Gasteiger partial charge in [-0.2, -0.15) is 5.06 Å². The van der Waals surface area contributed by atoms with Gasteiger partial charge in [0.2, 0.25) is 0 Å². The summed E-state index contributed by atoms with van der Waals surface area (Å²) in [7, 11) is 0. The third kappa shape index (κ3) is 3.27. The van der Waals surface area contributed by atoms with Crippen LogP contribution < -0.4 is 0 Å². The van der Waals surface area contributed by atoms with E-state index < -0.39 is 29.6 Å². The Kier molecular flexibility index (Phi) is 5.14. The number of hydrogen-bond acceptors (Lipinski definition) is 6. The van der Waals surface area contributed by atoms with Crippen molar-refractivity contribution in [3.8, 4) is 0 Å². The number of rotatable bonds is 4. The number of aliphatic carboxylic acids is 1. The Bertz CT molecular complexity index is 608. The molecule has 0 aromatic carbocycles. The predicted molar refractivity (Wildman–Crippen MR) is 82.2 cm³/mol. The number of ether oxygens (including phenoxy) is 1. The first-order valence-electron chi connectivity index (χ1n) is 6.43. The topological polar surface area (TPSA) is 96.4 Å². The zero-order chi connectivity index (χ0) is 17.4. The Morgan fingerprint density at radius 1 is 1.52 bits per heavy atom.